The van der Waals surface area contributed by atoms with Crippen molar-refractivity contribution in [3.05, 3.63) is 106 Å². The molecule has 0 heterocycles. The Morgan fingerprint density at radius 3 is 2.26 bits per heavy atom. The molecule has 0 saturated heterocycles. The first-order chi connectivity index (χ1) is 16.8. The van der Waals surface area contributed by atoms with Crippen molar-refractivity contribution in [3.63, 3.8) is 0 Å². The number of halogens is 2. The number of benzene rings is 3. The highest BCUT2D eigenvalue weighted by molar-refractivity contribution is 7.99. The molecule has 0 spiro atoms. The molecule has 1 unspecified atom stereocenters. The molecular weight excluding hydrogens is 483 g/mol. The Bertz CT molecular complexity index is 1110. The number of hydrogen-bond acceptors (Lipinski definition) is 3. The first-order valence-electron chi connectivity index (χ1n) is 11.5. The topological polar surface area (TPSA) is 49.4 Å². The molecule has 4 nitrogen and oxygen atoms in total. The molecule has 3 aromatic rings. The summed E-state index contributed by atoms with van der Waals surface area (Å²) in [6.07, 6.45) is 0.376. The first-order valence-corrected chi connectivity index (χ1v) is 13.1. The smallest absolute Gasteiger partial charge is 0.243 e. The highest BCUT2D eigenvalue weighted by Gasteiger charge is 2.30. The average Bonchev–Trinajstić information content (AvgIpc) is 2.84. The van der Waals surface area contributed by atoms with Crippen LogP contribution in [-0.4, -0.2) is 34.6 Å². The maximum absolute atomic E-state index is 13.5. The van der Waals surface area contributed by atoms with Crippen LogP contribution < -0.4 is 5.32 Å². The largest absolute Gasteiger partial charge is 0.352 e. The highest BCUT2D eigenvalue weighted by atomic mass is 35.5. The summed E-state index contributed by atoms with van der Waals surface area (Å²) >= 11 is 7.71. The Kier molecular flexibility index (Phi) is 10.2. The van der Waals surface area contributed by atoms with Crippen LogP contribution >= 0.6 is 23.4 Å². The van der Waals surface area contributed by atoms with Crippen molar-refractivity contribution >= 4 is 35.2 Å². The molecule has 2 amide bonds. The van der Waals surface area contributed by atoms with E-state index in [4.69, 9.17) is 11.6 Å². The van der Waals surface area contributed by atoms with E-state index in [-0.39, 0.29) is 36.0 Å². The van der Waals surface area contributed by atoms with Crippen LogP contribution in [0.5, 0.6) is 0 Å². The lowest BCUT2D eigenvalue weighted by Crippen LogP contribution is -2.52. The highest BCUT2D eigenvalue weighted by Crippen LogP contribution is 2.22. The van der Waals surface area contributed by atoms with Gasteiger partial charge in [-0.05, 0) is 48.7 Å². The molecule has 0 aliphatic rings. The van der Waals surface area contributed by atoms with Crippen LogP contribution in [0.15, 0.2) is 78.9 Å². The van der Waals surface area contributed by atoms with Gasteiger partial charge in [0.05, 0.1) is 5.75 Å². The second-order valence-electron chi connectivity index (χ2n) is 8.60. The van der Waals surface area contributed by atoms with Gasteiger partial charge >= 0.3 is 0 Å². The molecule has 0 bridgehead atoms. The second kappa shape index (κ2) is 13.3. The van der Waals surface area contributed by atoms with Crippen LogP contribution in [0, 0.1) is 5.82 Å². The van der Waals surface area contributed by atoms with Gasteiger partial charge in [0, 0.05) is 29.8 Å². The second-order valence-corrected chi connectivity index (χ2v) is 9.99. The van der Waals surface area contributed by atoms with E-state index in [0.717, 1.165) is 16.7 Å². The fourth-order valence-electron chi connectivity index (χ4n) is 3.67. The van der Waals surface area contributed by atoms with Gasteiger partial charge in [-0.25, -0.2) is 4.39 Å². The zero-order chi connectivity index (χ0) is 25.2. The van der Waals surface area contributed by atoms with Gasteiger partial charge in [-0.3, -0.25) is 9.59 Å². The summed E-state index contributed by atoms with van der Waals surface area (Å²) in [5.41, 5.74) is 2.67. The van der Waals surface area contributed by atoms with Gasteiger partial charge < -0.3 is 10.2 Å². The van der Waals surface area contributed by atoms with Crippen molar-refractivity contribution in [3.8, 4) is 0 Å². The number of rotatable bonds is 11. The van der Waals surface area contributed by atoms with Crippen molar-refractivity contribution in [1.82, 2.24) is 10.2 Å². The van der Waals surface area contributed by atoms with Crippen molar-refractivity contribution in [2.75, 3.05) is 5.75 Å². The molecule has 0 saturated carbocycles. The van der Waals surface area contributed by atoms with E-state index in [9.17, 15) is 14.0 Å². The van der Waals surface area contributed by atoms with Crippen molar-refractivity contribution < 1.29 is 14.0 Å². The molecule has 0 aromatic heterocycles. The number of thioether (sulfide) groups is 1. The molecular formula is C28H30ClFN2O2S. The standard InChI is InChI=1S/C28H30ClFN2O2S/c1-20(2)31-28(34)26(16-21-8-4-3-5-9-21)32(17-22-12-14-24(30)15-13-22)27(33)19-35-18-23-10-6-7-11-25(23)29/h3-15,20,26H,16-19H2,1-2H3,(H,31,34). The predicted molar refractivity (Wildman–Crippen MR) is 142 cm³/mol. The molecule has 1 atom stereocenters. The molecule has 0 fully saturated rings. The lowest BCUT2D eigenvalue weighted by Gasteiger charge is -2.32. The fraction of sp³-hybridized carbons (Fsp3) is 0.286. The maximum atomic E-state index is 13.5. The predicted octanol–water partition coefficient (Wildman–Crippen LogP) is 5.88. The van der Waals surface area contributed by atoms with Gasteiger partial charge in [0.1, 0.15) is 11.9 Å². The summed E-state index contributed by atoms with van der Waals surface area (Å²) in [7, 11) is 0. The summed E-state index contributed by atoms with van der Waals surface area (Å²) in [6, 6.07) is 22.4. The number of nitrogens with one attached hydrogen (secondary N) is 1. The van der Waals surface area contributed by atoms with E-state index in [1.54, 1.807) is 17.0 Å². The number of carbonyl (C=O) groups is 2. The number of amides is 2. The van der Waals surface area contributed by atoms with E-state index >= 15 is 0 Å². The van der Waals surface area contributed by atoms with Gasteiger partial charge in [-0.2, -0.15) is 0 Å². The Morgan fingerprint density at radius 1 is 0.943 bits per heavy atom. The molecule has 0 radical (unpaired) electrons. The molecule has 7 heteroatoms. The minimum Gasteiger partial charge on any atom is -0.352 e. The Morgan fingerprint density at radius 2 is 1.60 bits per heavy atom. The molecule has 3 rings (SSSR count). The Balaban J connectivity index is 1.84. The number of carbonyl (C=O) groups excluding carboxylic acids is 2. The summed E-state index contributed by atoms with van der Waals surface area (Å²) in [5.74, 6) is 0.0474. The summed E-state index contributed by atoms with van der Waals surface area (Å²) in [6.45, 7) is 3.99. The third-order valence-electron chi connectivity index (χ3n) is 5.41. The van der Waals surface area contributed by atoms with Gasteiger partial charge in [0.25, 0.3) is 0 Å². The van der Waals surface area contributed by atoms with E-state index in [1.165, 1.54) is 23.9 Å². The molecule has 1 N–H and O–H groups in total. The van der Waals surface area contributed by atoms with Crippen LogP contribution in [0.25, 0.3) is 0 Å². The zero-order valence-corrected chi connectivity index (χ0v) is 21.5. The summed E-state index contributed by atoms with van der Waals surface area (Å²) < 4.78 is 13.5. The van der Waals surface area contributed by atoms with Crippen LogP contribution in [0.2, 0.25) is 5.02 Å². The van der Waals surface area contributed by atoms with E-state index in [2.05, 4.69) is 5.32 Å². The number of hydrogen-bond donors (Lipinski definition) is 1. The van der Waals surface area contributed by atoms with E-state index in [1.807, 2.05) is 68.4 Å². The van der Waals surface area contributed by atoms with Gasteiger partial charge in [-0.15, -0.1) is 11.8 Å². The summed E-state index contributed by atoms with van der Waals surface area (Å²) in [4.78, 5) is 28.4. The van der Waals surface area contributed by atoms with Crippen molar-refractivity contribution in [1.29, 1.82) is 0 Å². The quantitative estimate of drug-likeness (QED) is 0.349. The normalized spacial score (nSPS) is 11.8. The van der Waals surface area contributed by atoms with E-state index < -0.39 is 6.04 Å². The number of nitrogens with zero attached hydrogens (tertiary/aromatic N) is 1. The third-order valence-corrected chi connectivity index (χ3v) is 6.74. The van der Waals surface area contributed by atoms with Crippen LogP contribution in [0.1, 0.15) is 30.5 Å². The van der Waals surface area contributed by atoms with Crippen molar-refractivity contribution in [2.45, 2.75) is 44.6 Å². The zero-order valence-electron chi connectivity index (χ0n) is 19.9. The van der Waals surface area contributed by atoms with Crippen LogP contribution in [0.3, 0.4) is 0 Å². The van der Waals surface area contributed by atoms with Crippen LogP contribution in [-0.2, 0) is 28.3 Å². The third kappa shape index (κ3) is 8.41. The molecule has 0 aliphatic heterocycles. The van der Waals surface area contributed by atoms with Gasteiger partial charge in [0.2, 0.25) is 11.8 Å². The maximum Gasteiger partial charge on any atom is 0.243 e. The lowest BCUT2D eigenvalue weighted by molar-refractivity contribution is -0.139. The van der Waals surface area contributed by atoms with Gasteiger partial charge in [-0.1, -0.05) is 72.3 Å². The Hall–Kier alpha value is -2.83. The van der Waals surface area contributed by atoms with E-state index in [0.29, 0.717) is 17.2 Å². The Labute approximate surface area is 215 Å². The molecule has 35 heavy (non-hydrogen) atoms. The SMILES string of the molecule is CC(C)NC(=O)C(Cc1ccccc1)N(Cc1ccc(F)cc1)C(=O)CSCc1ccccc1Cl. The lowest BCUT2D eigenvalue weighted by atomic mass is 10.0. The first kappa shape index (κ1) is 26.8. The monoisotopic (exact) mass is 512 g/mol. The molecule has 0 aliphatic carbocycles. The van der Waals surface area contributed by atoms with Gasteiger partial charge in [0.15, 0.2) is 0 Å². The van der Waals surface area contributed by atoms with Crippen LogP contribution in [0.4, 0.5) is 4.39 Å². The average molecular weight is 513 g/mol. The van der Waals surface area contributed by atoms with Crippen molar-refractivity contribution in [2.24, 2.45) is 0 Å². The molecule has 184 valence electrons. The minimum absolute atomic E-state index is 0.0712. The molecule has 3 aromatic carbocycles. The summed E-state index contributed by atoms with van der Waals surface area (Å²) in [5, 5.41) is 3.63. The minimum atomic E-state index is -0.710. The fourth-order valence-corrected chi connectivity index (χ4v) is 4.86.